The van der Waals surface area contributed by atoms with Gasteiger partial charge in [-0.2, -0.15) is 0 Å². The lowest BCUT2D eigenvalue weighted by molar-refractivity contribution is -0.132. The van der Waals surface area contributed by atoms with Gasteiger partial charge in [0.2, 0.25) is 5.91 Å². The van der Waals surface area contributed by atoms with Crippen molar-refractivity contribution >= 4 is 11.9 Å². The molecule has 0 spiro atoms. The van der Waals surface area contributed by atoms with Crippen molar-refractivity contribution in [3.63, 3.8) is 0 Å². The van der Waals surface area contributed by atoms with Crippen LogP contribution in [0.25, 0.3) is 0 Å². The highest BCUT2D eigenvalue weighted by Gasteiger charge is 2.39. The highest BCUT2D eigenvalue weighted by molar-refractivity contribution is 5.82. The van der Waals surface area contributed by atoms with E-state index in [1.165, 1.54) is 5.56 Å². The number of carbonyl (C=O) groups is 1. The molecular formula is C18H26N4O. The molecule has 0 radical (unpaired) electrons. The Labute approximate surface area is 138 Å². The molecule has 1 aromatic carbocycles. The zero-order chi connectivity index (χ0) is 16.2. The molecule has 1 saturated carbocycles. The average molecular weight is 314 g/mol. The van der Waals surface area contributed by atoms with Crippen LogP contribution in [0.2, 0.25) is 0 Å². The maximum absolute atomic E-state index is 11.6. The first-order valence-corrected chi connectivity index (χ1v) is 8.53. The molecule has 2 N–H and O–H groups in total. The van der Waals surface area contributed by atoms with Gasteiger partial charge in [0.25, 0.3) is 0 Å². The third kappa shape index (κ3) is 4.03. The van der Waals surface area contributed by atoms with Crippen LogP contribution in [-0.4, -0.2) is 49.0 Å². The van der Waals surface area contributed by atoms with Crippen LogP contribution in [0.15, 0.2) is 35.3 Å². The van der Waals surface area contributed by atoms with Crippen LogP contribution < -0.4 is 10.6 Å². The topological polar surface area (TPSA) is 56.7 Å². The van der Waals surface area contributed by atoms with E-state index in [2.05, 4.69) is 46.0 Å². The van der Waals surface area contributed by atoms with Crippen LogP contribution in [0.5, 0.6) is 0 Å². The number of hydrogen-bond donors (Lipinski definition) is 2. The molecule has 1 heterocycles. The Balaban J connectivity index is 1.54. The molecule has 5 heteroatoms. The van der Waals surface area contributed by atoms with Gasteiger partial charge in [-0.3, -0.25) is 9.79 Å². The lowest BCUT2D eigenvalue weighted by Crippen LogP contribution is -2.52. The molecule has 0 bridgehead atoms. The predicted molar refractivity (Wildman–Crippen MR) is 92.5 cm³/mol. The molecule has 1 aromatic rings. The molecule has 1 saturated heterocycles. The van der Waals surface area contributed by atoms with Crippen molar-refractivity contribution in [1.29, 1.82) is 0 Å². The highest BCUT2D eigenvalue weighted by Crippen LogP contribution is 2.40. The second-order valence-corrected chi connectivity index (χ2v) is 6.48. The van der Waals surface area contributed by atoms with Crippen molar-refractivity contribution in [3.05, 3.63) is 35.9 Å². The Morgan fingerprint density at radius 1 is 1.30 bits per heavy atom. The number of nitrogens with one attached hydrogen (secondary N) is 2. The summed E-state index contributed by atoms with van der Waals surface area (Å²) < 4.78 is 0. The SMILES string of the molecule is CCN=C(NC1CCC(=O)N(C)C1)NC1CC1c1ccccc1. The van der Waals surface area contributed by atoms with Gasteiger partial charge in [0.15, 0.2) is 5.96 Å². The highest BCUT2D eigenvalue weighted by atomic mass is 16.2. The van der Waals surface area contributed by atoms with E-state index in [9.17, 15) is 4.79 Å². The van der Waals surface area contributed by atoms with Gasteiger partial charge < -0.3 is 15.5 Å². The lowest BCUT2D eigenvalue weighted by Gasteiger charge is -2.31. The van der Waals surface area contributed by atoms with Crippen molar-refractivity contribution in [3.8, 4) is 0 Å². The van der Waals surface area contributed by atoms with Crippen LogP contribution in [0, 0.1) is 0 Å². The second kappa shape index (κ2) is 7.02. The third-order valence-electron chi connectivity index (χ3n) is 4.62. The maximum atomic E-state index is 11.6. The third-order valence-corrected chi connectivity index (χ3v) is 4.62. The molecule has 3 rings (SSSR count). The lowest BCUT2D eigenvalue weighted by atomic mass is 10.1. The predicted octanol–water partition coefficient (Wildman–Crippen LogP) is 1.72. The number of nitrogens with zero attached hydrogens (tertiary/aromatic N) is 2. The number of benzene rings is 1. The summed E-state index contributed by atoms with van der Waals surface area (Å²) in [5.41, 5.74) is 1.39. The number of amides is 1. The van der Waals surface area contributed by atoms with E-state index in [0.717, 1.165) is 31.9 Å². The summed E-state index contributed by atoms with van der Waals surface area (Å²) in [5.74, 6) is 1.69. The van der Waals surface area contributed by atoms with Crippen molar-refractivity contribution in [2.45, 2.75) is 44.2 Å². The monoisotopic (exact) mass is 314 g/mol. The Bertz CT molecular complexity index is 572. The first kappa shape index (κ1) is 15.8. The van der Waals surface area contributed by atoms with E-state index >= 15 is 0 Å². The number of guanidine groups is 1. The van der Waals surface area contributed by atoms with Crippen LogP contribution in [0.4, 0.5) is 0 Å². The summed E-state index contributed by atoms with van der Waals surface area (Å²) in [4.78, 5) is 18.0. The minimum absolute atomic E-state index is 0.233. The van der Waals surface area contributed by atoms with Gasteiger partial charge in [0.1, 0.15) is 0 Å². The van der Waals surface area contributed by atoms with Gasteiger partial charge >= 0.3 is 0 Å². The molecule has 2 fully saturated rings. The fourth-order valence-electron chi connectivity index (χ4n) is 3.21. The summed E-state index contributed by atoms with van der Waals surface area (Å²) in [6.45, 7) is 3.54. The molecule has 5 nitrogen and oxygen atoms in total. The number of rotatable bonds is 4. The summed E-state index contributed by atoms with van der Waals surface area (Å²) in [5, 5.41) is 7.05. The van der Waals surface area contributed by atoms with Crippen LogP contribution >= 0.6 is 0 Å². The van der Waals surface area contributed by atoms with E-state index in [-0.39, 0.29) is 11.9 Å². The van der Waals surface area contributed by atoms with E-state index in [1.54, 1.807) is 4.90 Å². The molecular weight excluding hydrogens is 288 g/mol. The van der Waals surface area contributed by atoms with Crippen molar-refractivity contribution < 1.29 is 4.79 Å². The minimum Gasteiger partial charge on any atom is -0.353 e. The fourth-order valence-corrected chi connectivity index (χ4v) is 3.21. The molecule has 1 aliphatic carbocycles. The Hall–Kier alpha value is -2.04. The number of aliphatic imine (C=N–C) groups is 1. The zero-order valence-electron chi connectivity index (χ0n) is 14.0. The average Bonchev–Trinajstić information content (AvgIpc) is 3.31. The van der Waals surface area contributed by atoms with Gasteiger partial charge in [0, 0.05) is 44.6 Å². The number of likely N-dealkylation sites (tertiary alicyclic amines) is 1. The smallest absolute Gasteiger partial charge is 0.222 e. The van der Waals surface area contributed by atoms with Gasteiger partial charge in [-0.25, -0.2) is 0 Å². The van der Waals surface area contributed by atoms with E-state index < -0.39 is 0 Å². The van der Waals surface area contributed by atoms with Gasteiger partial charge in [-0.1, -0.05) is 30.3 Å². The molecule has 1 amide bonds. The van der Waals surface area contributed by atoms with Gasteiger partial charge in [0.05, 0.1) is 0 Å². The Morgan fingerprint density at radius 2 is 2.09 bits per heavy atom. The normalized spacial score (nSPS) is 27.7. The standard InChI is InChI=1S/C18H26N4O/c1-3-19-18(20-14-9-10-17(23)22(2)12-14)21-16-11-15(16)13-7-5-4-6-8-13/h4-8,14-16H,3,9-12H2,1-2H3,(H2,19,20,21). The van der Waals surface area contributed by atoms with Crippen LogP contribution in [0.1, 0.15) is 37.7 Å². The molecule has 1 aliphatic heterocycles. The van der Waals surface area contributed by atoms with E-state index in [1.807, 2.05) is 14.0 Å². The first-order chi connectivity index (χ1) is 11.2. The largest absolute Gasteiger partial charge is 0.353 e. The van der Waals surface area contributed by atoms with Crippen molar-refractivity contribution in [2.24, 2.45) is 4.99 Å². The quantitative estimate of drug-likeness (QED) is 0.657. The zero-order valence-corrected chi connectivity index (χ0v) is 14.0. The summed E-state index contributed by atoms with van der Waals surface area (Å²) >= 11 is 0. The number of hydrogen-bond acceptors (Lipinski definition) is 2. The van der Waals surface area contributed by atoms with Crippen molar-refractivity contribution in [1.82, 2.24) is 15.5 Å². The van der Waals surface area contributed by atoms with E-state index in [0.29, 0.717) is 18.4 Å². The molecule has 3 unspecified atom stereocenters. The fraction of sp³-hybridized carbons (Fsp3) is 0.556. The molecule has 2 aliphatic rings. The van der Waals surface area contributed by atoms with E-state index in [4.69, 9.17) is 0 Å². The Kier molecular flexibility index (Phi) is 4.84. The van der Waals surface area contributed by atoms with Crippen LogP contribution in [-0.2, 0) is 4.79 Å². The number of piperidine rings is 1. The Morgan fingerprint density at radius 3 is 2.78 bits per heavy atom. The molecule has 0 aromatic heterocycles. The summed E-state index contributed by atoms with van der Waals surface area (Å²) in [6, 6.07) is 11.4. The first-order valence-electron chi connectivity index (χ1n) is 8.53. The second-order valence-electron chi connectivity index (χ2n) is 6.48. The van der Waals surface area contributed by atoms with Gasteiger partial charge in [-0.05, 0) is 25.3 Å². The summed E-state index contributed by atoms with van der Waals surface area (Å²) in [7, 11) is 1.87. The molecule has 124 valence electrons. The van der Waals surface area contributed by atoms with Crippen molar-refractivity contribution in [2.75, 3.05) is 20.1 Å². The maximum Gasteiger partial charge on any atom is 0.222 e. The van der Waals surface area contributed by atoms with Gasteiger partial charge in [-0.15, -0.1) is 0 Å². The number of likely N-dealkylation sites (N-methyl/N-ethyl adjacent to an activating group) is 1. The molecule has 3 atom stereocenters. The van der Waals surface area contributed by atoms with Crippen LogP contribution in [0.3, 0.4) is 0 Å². The molecule has 23 heavy (non-hydrogen) atoms. The number of carbonyl (C=O) groups excluding carboxylic acids is 1. The minimum atomic E-state index is 0.233. The summed E-state index contributed by atoms with van der Waals surface area (Å²) in [6.07, 6.45) is 2.64.